The lowest BCUT2D eigenvalue weighted by Crippen LogP contribution is -2.48. The molecule has 3 aliphatic heterocycles. The van der Waals surface area contributed by atoms with Crippen molar-refractivity contribution in [2.45, 2.75) is 25.8 Å². The molecule has 5 rings (SSSR count). The van der Waals surface area contributed by atoms with Gasteiger partial charge in [0.1, 0.15) is 0 Å². The molecule has 7 amide bonds. The van der Waals surface area contributed by atoms with Gasteiger partial charge in [0.2, 0.25) is 17.7 Å². The number of anilines is 1. The van der Waals surface area contributed by atoms with Crippen molar-refractivity contribution < 1.29 is 47.7 Å². The molecule has 2 aromatic rings. The quantitative estimate of drug-likeness (QED) is 0.0666. The van der Waals surface area contributed by atoms with E-state index in [0.717, 1.165) is 45.4 Å². The standard InChI is InChI=1S/C46H65N7O10S4/c54-42(47-14-11-44(56)53-37-40-7-2-1-5-38(40)9-10-39-6-3-4-8-41(39)53)12-23-59-25-27-61-29-31-63-32-30-62-28-26-60-24-13-43(55)50(17-15-48-45(57)51-19-33-64-65-34-20-51)18-16-49-46(58)52-21-35-66-67-36-22-52/h1-8H,11-37H2,(H,47,54)(H,48,57)(H,49,58). The largest absolute Gasteiger partial charge is 0.379 e. The average Bonchev–Trinajstić information content (AvgIpc) is 3.79. The summed E-state index contributed by atoms with van der Waals surface area (Å²) in [7, 11) is 7.08. The maximum Gasteiger partial charge on any atom is 0.317 e. The highest BCUT2D eigenvalue weighted by atomic mass is 33.1. The van der Waals surface area contributed by atoms with Gasteiger partial charge in [-0.05, 0) is 23.8 Å². The zero-order chi connectivity index (χ0) is 47.2. The Morgan fingerprint density at radius 3 is 1.55 bits per heavy atom. The van der Waals surface area contributed by atoms with E-state index >= 15 is 0 Å². The summed E-state index contributed by atoms with van der Waals surface area (Å²) in [4.78, 5) is 71.4. The highest BCUT2D eigenvalue weighted by Crippen LogP contribution is 2.27. The molecule has 21 heteroatoms. The van der Waals surface area contributed by atoms with Crippen molar-refractivity contribution in [3.05, 3.63) is 65.2 Å². The first-order chi connectivity index (χ1) is 32.9. The number of benzene rings is 2. The lowest BCUT2D eigenvalue weighted by atomic mass is 10.0. The van der Waals surface area contributed by atoms with Crippen molar-refractivity contribution in [2.75, 3.05) is 153 Å². The molecule has 0 saturated carbocycles. The fourth-order valence-electron chi connectivity index (χ4n) is 6.84. The van der Waals surface area contributed by atoms with Gasteiger partial charge in [-0.25, -0.2) is 9.59 Å². The Morgan fingerprint density at radius 1 is 0.537 bits per heavy atom. The first-order valence-corrected chi connectivity index (χ1v) is 27.8. The van der Waals surface area contributed by atoms with E-state index in [4.69, 9.17) is 23.7 Å². The van der Waals surface area contributed by atoms with Crippen LogP contribution in [0, 0.1) is 11.8 Å². The van der Waals surface area contributed by atoms with Gasteiger partial charge < -0.3 is 59.2 Å². The van der Waals surface area contributed by atoms with Gasteiger partial charge in [0.15, 0.2) is 0 Å². The number of para-hydroxylation sites is 1. The van der Waals surface area contributed by atoms with Gasteiger partial charge in [-0.1, -0.05) is 85.3 Å². The second-order valence-electron chi connectivity index (χ2n) is 15.2. The van der Waals surface area contributed by atoms with Crippen molar-refractivity contribution in [1.82, 2.24) is 30.7 Å². The summed E-state index contributed by atoms with van der Waals surface area (Å²) in [5.74, 6) is 9.55. The van der Waals surface area contributed by atoms with Gasteiger partial charge in [0.25, 0.3) is 0 Å². The number of hydrogen-bond acceptors (Lipinski definition) is 14. The van der Waals surface area contributed by atoms with Crippen molar-refractivity contribution in [3.63, 3.8) is 0 Å². The molecule has 0 unspecified atom stereocenters. The molecule has 3 heterocycles. The van der Waals surface area contributed by atoms with Crippen molar-refractivity contribution >= 4 is 78.6 Å². The molecule has 3 N–H and O–H groups in total. The fraction of sp³-hybridized carbons (Fsp3) is 0.587. The number of carbonyl (C=O) groups is 5. The molecule has 2 saturated heterocycles. The number of nitrogens with zero attached hydrogens (tertiary/aromatic N) is 4. The summed E-state index contributed by atoms with van der Waals surface area (Å²) in [5.41, 5.74) is 3.42. The van der Waals surface area contributed by atoms with Gasteiger partial charge in [-0.2, -0.15) is 0 Å². The number of amides is 7. The van der Waals surface area contributed by atoms with E-state index in [1.807, 2.05) is 58.3 Å². The molecule has 2 fully saturated rings. The Kier molecular flexibility index (Phi) is 26.5. The second-order valence-corrected chi connectivity index (χ2v) is 20.6. The third-order valence-electron chi connectivity index (χ3n) is 10.4. The summed E-state index contributed by atoms with van der Waals surface area (Å²) in [6, 6.07) is 15.2. The Hall–Kier alpha value is -3.85. The summed E-state index contributed by atoms with van der Waals surface area (Å²) in [6.07, 6.45) is 0.497. The van der Waals surface area contributed by atoms with Crippen LogP contribution < -0.4 is 20.9 Å². The molecular weight excluding hydrogens is 939 g/mol. The first-order valence-electron chi connectivity index (χ1n) is 22.9. The Balaban J connectivity index is 0.831. The molecule has 2 aromatic carbocycles. The lowest BCUT2D eigenvalue weighted by molar-refractivity contribution is -0.132. The van der Waals surface area contributed by atoms with E-state index < -0.39 is 0 Å². The molecule has 0 radical (unpaired) electrons. The molecule has 67 heavy (non-hydrogen) atoms. The van der Waals surface area contributed by atoms with Crippen LogP contribution in [0.3, 0.4) is 0 Å². The molecule has 0 bridgehead atoms. The maximum atomic E-state index is 13.3. The highest BCUT2D eigenvalue weighted by molar-refractivity contribution is 8.77. The van der Waals surface area contributed by atoms with Crippen LogP contribution in [0.2, 0.25) is 0 Å². The van der Waals surface area contributed by atoms with Crippen LogP contribution in [0.25, 0.3) is 0 Å². The predicted molar refractivity (Wildman–Crippen MR) is 267 cm³/mol. The molecule has 368 valence electrons. The summed E-state index contributed by atoms with van der Waals surface area (Å²) >= 11 is 0. The van der Waals surface area contributed by atoms with E-state index in [2.05, 4.69) is 27.8 Å². The van der Waals surface area contributed by atoms with Gasteiger partial charge in [0, 0.05) is 106 Å². The lowest BCUT2D eigenvalue weighted by Gasteiger charge is -2.26. The number of fused-ring (bicyclic) bond motifs is 2. The minimum atomic E-state index is -0.189. The zero-order valence-corrected chi connectivity index (χ0v) is 41.5. The normalized spacial score (nSPS) is 14.8. The molecule has 0 aromatic heterocycles. The molecular formula is C46H65N7O10S4. The topological polar surface area (TPSA) is 181 Å². The Bertz CT molecular complexity index is 1860. The average molecular weight is 1000 g/mol. The molecule has 17 nitrogen and oxygen atoms in total. The van der Waals surface area contributed by atoms with E-state index in [1.165, 1.54) is 0 Å². The number of carbonyl (C=O) groups excluding carboxylic acids is 5. The Labute approximate surface area is 410 Å². The minimum Gasteiger partial charge on any atom is -0.379 e. The maximum absolute atomic E-state index is 13.3. The van der Waals surface area contributed by atoms with Crippen LogP contribution in [0.4, 0.5) is 15.3 Å². The van der Waals surface area contributed by atoms with Crippen LogP contribution >= 0.6 is 43.2 Å². The van der Waals surface area contributed by atoms with Crippen LogP contribution in [0.5, 0.6) is 0 Å². The van der Waals surface area contributed by atoms with Crippen LogP contribution in [-0.4, -0.2) is 192 Å². The van der Waals surface area contributed by atoms with Crippen LogP contribution in [0.1, 0.15) is 36.0 Å². The van der Waals surface area contributed by atoms with Gasteiger partial charge in [-0.15, -0.1) is 0 Å². The Morgan fingerprint density at radius 2 is 1.00 bits per heavy atom. The molecule has 0 atom stereocenters. The molecule has 3 aliphatic rings. The summed E-state index contributed by atoms with van der Waals surface area (Å²) in [6.45, 7) is 8.05. The van der Waals surface area contributed by atoms with Crippen molar-refractivity contribution in [1.29, 1.82) is 0 Å². The SMILES string of the molecule is O=C(CCOCCOCCOCCOCCOCCC(=O)N(CCNC(=O)N1CCSSCC1)CCNC(=O)N1CCSSCC1)NCCC(=O)N1Cc2ccccc2C#Cc2ccccc21. The second kappa shape index (κ2) is 32.8. The monoisotopic (exact) mass is 1000 g/mol. The third kappa shape index (κ3) is 21.1. The third-order valence-corrected chi connectivity index (χ3v) is 15.2. The minimum absolute atomic E-state index is 0.0943. The van der Waals surface area contributed by atoms with Gasteiger partial charge in [-0.3, -0.25) is 14.4 Å². The van der Waals surface area contributed by atoms with Crippen molar-refractivity contribution in [2.24, 2.45) is 0 Å². The van der Waals surface area contributed by atoms with Gasteiger partial charge >= 0.3 is 12.1 Å². The number of hydrogen-bond donors (Lipinski definition) is 3. The van der Waals surface area contributed by atoms with Crippen LogP contribution in [-0.2, 0) is 44.6 Å². The van der Waals surface area contributed by atoms with E-state index in [9.17, 15) is 24.0 Å². The van der Waals surface area contributed by atoms with E-state index in [1.54, 1.807) is 53.0 Å². The smallest absolute Gasteiger partial charge is 0.317 e. The number of rotatable bonds is 27. The first kappa shape index (κ1) is 54.1. The summed E-state index contributed by atoms with van der Waals surface area (Å²) in [5, 5.41) is 8.73. The predicted octanol–water partition coefficient (Wildman–Crippen LogP) is 3.94. The van der Waals surface area contributed by atoms with E-state index in [-0.39, 0.29) is 68.8 Å². The van der Waals surface area contributed by atoms with E-state index in [0.29, 0.717) is 112 Å². The summed E-state index contributed by atoms with van der Waals surface area (Å²) < 4.78 is 27.9. The zero-order valence-electron chi connectivity index (χ0n) is 38.2. The van der Waals surface area contributed by atoms with Crippen molar-refractivity contribution in [3.8, 4) is 11.8 Å². The number of ether oxygens (including phenoxy) is 5. The number of urea groups is 2. The highest BCUT2D eigenvalue weighted by Gasteiger charge is 2.22. The van der Waals surface area contributed by atoms with Crippen LogP contribution in [0.15, 0.2) is 48.5 Å². The molecule has 0 spiro atoms. The number of nitrogens with one attached hydrogen (secondary N) is 3. The fourth-order valence-corrected chi connectivity index (χ4v) is 10.8. The molecule has 0 aliphatic carbocycles. The van der Waals surface area contributed by atoms with Gasteiger partial charge in [0.05, 0.1) is 84.7 Å².